The summed E-state index contributed by atoms with van der Waals surface area (Å²) in [5.74, 6) is 0.555. The van der Waals surface area contributed by atoms with E-state index in [1.807, 2.05) is 13.0 Å². The maximum Gasteiger partial charge on any atom is 0.410 e. The SMILES string of the molecule is CNS(=O)(=O)N[C@H]1C[C@@H](C)N(C(=O)OC)[C@H]1COC1CCC(c2ccccc2)CC1. The molecule has 1 saturated heterocycles. The van der Waals surface area contributed by atoms with Crippen molar-refractivity contribution in [3.63, 3.8) is 0 Å². The summed E-state index contributed by atoms with van der Waals surface area (Å²) >= 11 is 0. The van der Waals surface area contributed by atoms with Gasteiger partial charge in [-0.15, -0.1) is 0 Å². The summed E-state index contributed by atoms with van der Waals surface area (Å²) in [6.45, 7) is 2.17. The van der Waals surface area contributed by atoms with Gasteiger partial charge >= 0.3 is 6.09 Å². The van der Waals surface area contributed by atoms with Crippen molar-refractivity contribution in [1.29, 1.82) is 0 Å². The minimum Gasteiger partial charge on any atom is -0.453 e. The van der Waals surface area contributed by atoms with Crippen molar-refractivity contribution >= 4 is 16.3 Å². The molecule has 8 nitrogen and oxygen atoms in total. The number of nitrogens with zero attached hydrogens (tertiary/aromatic N) is 1. The molecular formula is C21H33N3O5S. The average molecular weight is 440 g/mol. The second kappa shape index (κ2) is 10.1. The lowest BCUT2D eigenvalue weighted by Gasteiger charge is -2.33. The summed E-state index contributed by atoms with van der Waals surface area (Å²) < 4.78 is 40.1. The molecule has 0 radical (unpaired) electrons. The lowest BCUT2D eigenvalue weighted by atomic mass is 9.83. The largest absolute Gasteiger partial charge is 0.453 e. The van der Waals surface area contributed by atoms with Crippen LogP contribution < -0.4 is 9.44 Å². The Bertz CT molecular complexity index is 796. The Labute approximate surface area is 179 Å². The highest BCUT2D eigenvalue weighted by atomic mass is 32.2. The highest BCUT2D eigenvalue weighted by Crippen LogP contribution is 2.34. The Balaban J connectivity index is 1.61. The number of hydrogen-bond donors (Lipinski definition) is 2. The molecule has 2 N–H and O–H groups in total. The Morgan fingerprint density at radius 1 is 1.17 bits per heavy atom. The van der Waals surface area contributed by atoms with Crippen LogP contribution in [0.25, 0.3) is 0 Å². The summed E-state index contributed by atoms with van der Waals surface area (Å²) in [6.07, 6.45) is 4.18. The van der Waals surface area contributed by atoms with Gasteiger partial charge in [-0.2, -0.15) is 13.1 Å². The second-order valence-electron chi connectivity index (χ2n) is 8.18. The standard InChI is InChI=1S/C21H33N3O5S/c1-15-13-19(23-30(26,27)22-2)20(24(15)21(25)28-3)14-29-18-11-9-17(10-12-18)16-7-5-4-6-8-16/h4-8,15,17-20,22-23H,9-14H2,1-3H3/t15-,17?,18?,19+,20+/m1/s1. The molecule has 2 aliphatic rings. The molecule has 1 aromatic carbocycles. The first-order valence-corrected chi connectivity index (χ1v) is 12.1. The molecule has 168 valence electrons. The maximum atomic E-state index is 12.3. The Morgan fingerprint density at radius 3 is 2.43 bits per heavy atom. The normalized spacial score (nSPS) is 29.7. The molecule has 1 saturated carbocycles. The van der Waals surface area contributed by atoms with Crippen LogP contribution in [0.2, 0.25) is 0 Å². The third-order valence-electron chi connectivity index (χ3n) is 6.30. The lowest BCUT2D eigenvalue weighted by molar-refractivity contribution is -0.00861. The molecule has 9 heteroatoms. The van der Waals surface area contributed by atoms with Gasteiger partial charge in [0.15, 0.2) is 0 Å². The third kappa shape index (κ3) is 5.51. The van der Waals surface area contributed by atoms with E-state index >= 15 is 0 Å². The molecule has 1 aliphatic heterocycles. The van der Waals surface area contributed by atoms with Crippen LogP contribution in [-0.2, 0) is 19.7 Å². The van der Waals surface area contributed by atoms with Gasteiger partial charge in [-0.3, -0.25) is 4.90 Å². The van der Waals surface area contributed by atoms with Crippen molar-refractivity contribution < 1.29 is 22.7 Å². The molecule has 1 aliphatic carbocycles. The number of methoxy groups -OCH3 is 1. The van der Waals surface area contributed by atoms with Crippen LogP contribution in [0.15, 0.2) is 30.3 Å². The van der Waals surface area contributed by atoms with Crippen LogP contribution in [0.3, 0.4) is 0 Å². The highest BCUT2D eigenvalue weighted by Gasteiger charge is 2.44. The van der Waals surface area contributed by atoms with Crippen LogP contribution in [-0.4, -0.2) is 64.4 Å². The van der Waals surface area contributed by atoms with Crippen molar-refractivity contribution in [1.82, 2.24) is 14.3 Å². The van der Waals surface area contributed by atoms with Crippen LogP contribution in [0.1, 0.15) is 50.5 Å². The van der Waals surface area contributed by atoms with Gasteiger partial charge in [-0.05, 0) is 50.5 Å². The predicted octanol–water partition coefficient (Wildman–Crippen LogP) is 2.38. The fourth-order valence-corrected chi connectivity index (χ4v) is 5.45. The zero-order chi connectivity index (χ0) is 21.7. The summed E-state index contributed by atoms with van der Waals surface area (Å²) in [7, 11) is -0.938. The molecule has 0 unspecified atom stereocenters. The first kappa shape index (κ1) is 23.0. The van der Waals surface area contributed by atoms with E-state index in [0.29, 0.717) is 12.3 Å². The molecule has 3 rings (SSSR count). The number of ether oxygens (including phenoxy) is 2. The van der Waals surface area contributed by atoms with Crippen LogP contribution in [0.4, 0.5) is 4.79 Å². The molecule has 2 fully saturated rings. The summed E-state index contributed by atoms with van der Waals surface area (Å²) in [4.78, 5) is 13.9. The van der Waals surface area contributed by atoms with Crippen LogP contribution in [0.5, 0.6) is 0 Å². The topological polar surface area (TPSA) is 97.0 Å². The van der Waals surface area contributed by atoms with E-state index in [1.54, 1.807) is 4.90 Å². The average Bonchev–Trinajstić information content (AvgIpc) is 3.06. The number of likely N-dealkylation sites (tertiary alicyclic amines) is 1. The minimum atomic E-state index is -3.63. The molecular weight excluding hydrogens is 406 g/mol. The number of amides is 1. The van der Waals surface area contributed by atoms with Crippen molar-refractivity contribution in [2.45, 2.75) is 69.2 Å². The lowest BCUT2D eigenvalue weighted by Crippen LogP contribution is -2.52. The summed E-state index contributed by atoms with van der Waals surface area (Å²) in [6, 6.07) is 9.55. The molecule has 0 spiro atoms. The van der Waals surface area contributed by atoms with Gasteiger partial charge in [0.2, 0.25) is 0 Å². The molecule has 30 heavy (non-hydrogen) atoms. The van der Waals surface area contributed by atoms with Gasteiger partial charge in [0.1, 0.15) is 0 Å². The van der Waals surface area contributed by atoms with E-state index in [0.717, 1.165) is 25.7 Å². The van der Waals surface area contributed by atoms with Crippen molar-refractivity contribution in [2.75, 3.05) is 20.8 Å². The van der Waals surface area contributed by atoms with Gasteiger partial charge in [-0.1, -0.05) is 30.3 Å². The van der Waals surface area contributed by atoms with Gasteiger partial charge in [0, 0.05) is 19.1 Å². The van der Waals surface area contributed by atoms with Crippen molar-refractivity contribution in [3.05, 3.63) is 35.9 Å². The van der Waals surface area contributed by atoms with E-state index in [1.165, 1.54) is 19.7 Å². The monoisotopic (exact) mass is 439 g/mol. The predicted molar refractivity (Wildman–Crippen MR) is 114 cm³/mol. The molecule has 0 bridgehead atoms. The van der Waals surface area contributed by atoms with Crippen LogP contribution in [0, 0.1) is 0 Å². The number of benzene rings is 1. The molecule has 0 aromatic heterocycles. The van der Waals surface area contributed by atoms with E-state index in [2.05, 4.69) is 33.7 Å². The quantitative estimate of drug-likeness (QED) is 0.680. The summed E-state index contributed by atoms with van der Waals surface area (Å²) in [5, 5.41) is 0. The molecule has 1 aromatic rings. The van der Waals surface area contributed by atoms with E-state index in [9.17, 15) is 13.2 Å². The van der Waals surface area contributed by atoms with Gasteiger partial charge < -0.3 is 9.47 Å². The first-order valence-electron chi connectivity index (χ1n) is 10.6. The highest BCUT2D eigenvalue weighted by molar-refractivity contribution is 7.87. The van der Waals surface area contributed by atoms with E-state index in [4.69, 9.17) is 9.47 Å². The second-order valence-corrected chi connectivity index (χ2v) is 9.83. The van der Waals surface area contributed by atoms with Gasteiger partial charge in [0.25, 0.3) is 10.2 Å². The number of carbonyl (C=O) groups excluding carboxylic acids is 1. The molecule has 1 amide bonds. The Kier molecular flexibility index (Phi) is 7.73. The number of rotatable bonds is 7. The van der Waals surface area contributed by atoms with E-state index < -0.39 is 28.4 Å². The number of hydrogen-bond acceptors (Lipinski definition) is 5. The molecule has 1 heterocycles. The van der Waals surface area contributed by atoms with Gasteiger partial charge in [-0.25, -0.2) is 9.52 Å². The van der Waals surface area contributed by atoms with Gasteiger partial charge in [0.05, 0.1) is 25.9 Å². The Morgan fingerprint density at radius 2 is 1.83 bits per heavy atom. The fourth-order valence-electron chi connectivity index (χ4n) is 4.68. The van der Waals surface area contributed by atoms with E-state index in [-0.39, 0.29) is 18.8 Å². The number of carbonyl (C=O) groups is 1. The molecule has 3 atom stereocenters. The minimum absolute atomic E-state index is 0.113. The Hall–Kier alpha value is -1.68. The first-order chi connectivity index (χ1) is 14.3. The zero-order valence-corrected chi connectivity index (χ0v) is 18.7. The zero-order valence-electron chi connectivity index (χ0n) is 17.9. The fraction of sp³-hybridized carbons (Fsp3) is 0.667. The summed E-state index contributed by atoms with van der Waals surface area (Å²) in [5.41, 5.74) is 1.37. The van der Waals surface area contributed by atoms with Crippen LogP contribution >= 0.6 is 0 Å². The maximum absolute atomic E-state index is 12.3. The number of nitrogens with one attached hydrogen (secondary N) is 2. The smallest absolute Gasteiger partial charge is 0.410 e. The van der Waals surface area contributed by atoms with Crippen molar-refractivity contribution in [2.24, 2.45) is 0 Å². The van der Waals surface area contributed by atoms with Crippen molar-refractivity contribution in [3.8, 4) is 0 Å². The third-order valence-corrected chi connectivity index (χ3v) is 7.45.